The van der Waals surface area contributed by atoms with Gasteiger partial charge in [0, 0.05) is 69.3 Å². The van der Waals surface area contributed by atoms with Crippen LogP contribution in [0.15, 0.2) is 124 Å². The molecule has 2 amide bonds. The van der Waals surface area contributed by atoms with E-state index in [0.29, 0.717) is 41.3 Å². The van der Waals surface area contributed by atoms with Crippen molar-refractivity contribution in [3.05, 3.63) is 168 Å². The van der Waals surface area contributed by atoms with Gasteiger partial charge in [0.25, 0.3) is 17.3 Å². The molecule has 1 spiro atoms. The highest BCUT2D eigenvalue weighted by Crippen LogP contribution is 2.62. The molecule has 2 aliphatic carbocycles. The van der Waals surface area contributed by atoms with Crippen molar-refractivity contribution in [3.8, 4) is 33.9 Å². The minimum Gasteiger partial charge on any atom is -0.492 e. The van der Waals surface area contributed by atoms with E-state index in [4.69, 9.17) is 13.9 Å². The summed E-state index contributed by atoms with van der Waals surface area (Å²) in [4.78, 5) is 72.8. The SMILES string of the molecule is C=C(NCCOc1ccc(-c2c3ccc(=O)cc-3oc3cc(CCc4ccc(OCC5=C(C(=O)O)N6C(=O)C(NC(=O)CC)C6SC56CC6)cc4)ccc23)c(C)c1)c1cc([N+](=O)[O-])cc([N+](=O)[O-])c1. The van der Waals surface area contributed by atoms with Crippen LogP contribution in [0, 0.1) is 27.2 Å². The smallest absolute Gasteiger partial charge is 0.352 e. The van der Waals surface area contributed by atoms with E-state index in [2.05, 4.69) is 23.3 Å². The minimum absolute atomic E-state index is 0.0141. The molecule has 9 rings (SSSR count). The Labute approximate surface area is 398 Å². The summed E-state index contributed by atoms with van der Waals surface area (Å²) in [5, 5.41) is 39.1. The van der Waals surface area contributed by atoms with Gasteiger partial charge < -0.3 is 29.6 Å². The van der Waals surface area contributed by atoms with Gasteiger partial charge in [0.05, 0.1) is 15.9 Å². The number of carbonyl (C=O) groups is 3. The van der Waals surface area contributed by atoms with Crippen molar-refractivity contribution in [2.45, 2.75) is 62.1 Å². The highest BCUT2D eigenvalue weighted by molar-refractivity contribution is 8.02. The van der Waals surface area contributed by atoms with E-state index in [1.54, 1.807) is 13.0 Å². The van der Waals surface area contributed by atoms with Gasteiger partial charge >= 0.3 is 5.97 Å². The molecule has 0 aromatic heterocycles. The number of thioether (sulfide) groups is 1. The van der Waals surface area contributed by atoms with E-state index in [1.165, 1.54) is 40.9 Å². The number of nitrogens with zero attached hydrogens (tertiary/aromatic N) is 3. The topological polar surface area (TPSA) is 234 Å². The number of aryl methyl sites for hydroxylation is 3. The number of nitro groups is 2. The fourth-order valence-electron chi connectivity index (χ4n) is 8.88. The van der Waals surface area contributed by atoms with Crippen molar-refractivity contribution in [2.75, 3.05) is 19.8 Å². The van der Waals surface area contributed by atoms with Crippen molar-refractivity contribution in [1.82, 2.24) is 15.5 Å². The lowest BCUT2D eigenvalue weighted by atomic mass is 9.90. The lowest BCUT2D eigenvalue weighted by Gasteiger charge is -2.51. The molecule has 1 saturated carbocycles. The molecule has 3 heterocycles. The quantitative estimate of drug-likeness (QED) is 0.0242. The average Bonchev–Trinajstić information content (AvgIpc) is 4.11. The van der Waals surface area contributed by atoms with Crippen LogP contribution in [0.3, 0.4) is 0 Å². The van der Waals surface area contributed by atoms with E-state index < -0.39 is 49.3 Å². The molecule has 3 N–H and O–H groups in total. The number of carboxylic acids is 1. The van der Waals surface area contributed by atoms with Crippen LogP contribution >= 0.6 is 11.8 Å². The van der Waals surface area contributed by atoms with E-state index in [-0.39, 0.29) is 54.5 Å². The molecule has 3 aliphatic heterocycles. The second-order valence-corrected chi connectivity index (χ2v) is 18.6. The van der Waals surface area contributed by atoms with Gasteiger partial charge in [0.15, 0.2) is 5.43 Å². The fraction of sp³-hybridized carbons (Fsp3) is 0.255. The second-order valence-electron chi connectivity index (χ2n) is 17.1. The van der Waals surface area contributed by atoms with Gasteiger partial charge in [-0.3, -0.25) is 39.5 Å². The Morgan fingerprint density at radius 2 is 1.57 bits per heavy atom. The number of carbonyl (C=O) groups excluding carboxylic acids is 2. The third-order valence-electron chi connectivity index (χ3n) is 12.6. The number of fused-ring (bicyclic) bond motifs is 3. The number of hydrogen-bond acceptors (Lipinski definition) is 13. The summed E-state index contributed by atoms with van der Waals surface area (Å²) in [5.74, 6) is -0.281. The first kappa shape index (κ1) is 46.1. The van der Waals surface area contributed by atoms with Gasteiger partial charge in [-0.05, 0) is 97.3 Å². The highest BCUT2D eigenvalue weighted by atomic mass is 32.2. The second kappa shape index (κ2) is 18.6. The van der Waals surface area contributed by atoms with Crippen molar-refractivity contribution >= 4 is 57.6 Å². The molecule has 1 saturated heterocycles. The van der Waals surface area contributed by atoms with Crippen LogP contribution in [0.2, 0.25) is 0 Å². The van der Waals surface area contributed by atoms with Crippen LogP contribution in [0.1, 0.15) is 48.4 Å². The van der Waals surface area contributed by atoms with Gasteiger partial charge in [0.1, 0.15) is 53.2 Å². The number of β-lactam (4-membered cyclic amide) rings is 1. The molecule has 0 bridgehead atoms. The van der Waals surface area contributed by atoms with Gasteiger partial charge in [-0.1, -0.05) is 43.8 Å². The number of rotatable bonds is 18. The number of hydrogen-bond donors (Lipinski definition) is 3. The Kier molecular flexibility index (Phi) is 12.4. The molecule has 4 aromatic carbocycles. The van der Waals surface area contributed by atoms with Crippen LogP contribution in [-0.4, -0.2) is 73.6 Å². The van der Waals surface area contributed by atoms with Crippen LogP contribution < -0.4 is 25.5 Å². The maximum Gasteiger partial charge on any atom is 0.352 e. The zero-order valence-electron chi connectivity index (χ0n) is 37.4. The molecular formula is C51H45N5O12S. The maximum atomic E-state index is 13.1. The first-order valence-electron chi connectivity index (χ1n) is 22.2. The molecule has 2 atom stereocenters. The van der Waals surface area contributed by atoms with Crippen molar-refractivity contribution in [1.29, 1.82) is 0 Å². The molecule has 5 aliphatic rings. The van der Waals surface area contributed by atoms with Crippen molar-refractivity contribution in [3.63, 3.8) is 0 Å². The van der Waals surface area contributed by atoms with Crippen LogP contribution in [0.4, 0.5) is 11.4 Å². The predicted molar refractivity (Wildman–Crippen MR) is 258 cm³/mol. The Hall–Kier alpha value is -7.99. The Morgan fingerprint density at radius 3 is 2.23 bits per heavy atom. The molecule has 17 nitrogen and oxygen atoms in total. The summed E-state index contributed by atoms with van der Waals surface area (Å²) >= 11 is 1.53. The lowest BCUT2D eigenvalue weighted by molar-refractivity contribution is -0.394. The number of nitro benzene ring substituents is 2. The molecule has 69 heavy (non-hydrogen) atoms. The molecular weight excluding hydrogens is 907 g/mol. The van der Waals surface area contributed by atoms with E-state index in [0.717, 1.165) is 57.7 Å². The number of ether oxygens (including phenoxy) is 2. The fourth-order valence-corrected chi connectivity index (χ4v) is 10.6. The first-order chi connectivity index (χ1) is 33.1. The Bertz CT molecular complexity index is 3150. The first-order valence-corrected chi connectivity index (χ1v) is 23.1. The van der Waals surface area contributed by atoms with E-state index in [9.17, 15) is 44.5 Å². The van der Waals surface area contributed by atoms with Crippen molar-refractivity contribution < 1.29 is 43.2 Å². The predicted octanol–water partition coefficient (Wildman–Crippen LogP) is 8.17. The van der Waals surface area contributed by atoms with Gasteiger partial charge in [0.2, 0.25) is 5.91 Å². The van der Waals surface area contributed by atoms with Crippen LogP contribution in [0.5, 0.6) is 11.5 Å². The molecule has 18 heteroatoms. The third-order valence-corrected chi connectivity index (χ3v) is 14.5. The Balaban J connectivity index is 0.858. The number of non-ortho nitro benzene ring substituents is 2. The summed E-state index contributed by atoms with van der Waals surface area (Å²) in [6.07, 6.45) is 3.12. The molecule has 4 aromatic rings. The summed E-state index contributed by atoms with van der Waals surface area (Å²) in [6, 6.07) is 26.7. The summed E-state index contributed by atoms with van der Waals surface area (Å²) in [7, 11) is 0. The summed E-state index contributed by atoms with van der Waals surface area (Å²) < 4.78 is 18.1. The monoisotopic (exact) mass is 951 g/mol. The Morgan fingerprint density at radius 1 is 0.884 bits per heavy atom. The molecule has 2 fully saturated rings. The number of carboxylic acid groups (broad SMARTS) is 1. The van der Waals surface area contributed by atoms with Crippen LogP contribution in [-0.2, 0) is 27.2 Å². The number of nitrogens with one attached hydrogen (secondary N) is 2. The zero-order chi connectivity index (χ0) is 48.7. The minimum atomic E-state index is -1.19. The highest BCUT2D eigenvalue weighted by Gasteiger charge is 2.63. The maximum absolute atomic E-state index is 13.1. The number of aliphatic carboxylic acids is 1. The number of amides is 2. The number of benzene rings is 5. The standard InChI is InChI=1S/C51H45N5O12S/c1-4-44(58)53-46-48(59)54-47(50(60)61)41(51(17-18-51)69-49(46)54)27-67-36-11-7-30(8-12-36)5-6-31-9-14-39-42(22-31)68-43-26-35(57)10-15-40(43)45(39)38-16-13-37(21-28(38)2)66-20-19-52-29(3)32-23-33(55(62)63)25-34(24-32)56(64)65/h7-16,21-26,46,49,52H,3-6,17-20,27H2,1-2H3,(H,53,58)(H,60,61). The van der Waals surface area contributed by atoms with Crippen molar-refractivity contribution in [2.24, 2.45) is 0 Å². The van der Waals surface area contributed by atoms with Gasteiger partial charge in [-0.15, -0.1) is 11.8 Å². The third kappa shape index (κ3) is 9.22. The average molecular weight is 952 g/mol. The van der Waals surface area contributed by atoms with Gasteiger partial charge in [-0.2, -0.15) is 0 Å². The molecule has 0 radical (unpaired) electrons. The van der Waals surface area contributed by atoms with Crippen LogP contribution in [0.25, 0.3) is 39.1 Å². The summed E-state index contributed by atoms with van der Waals surface area (Å²) in [5.41, 5.74) is 6.16. The lowest BCUT2D eigenvalue weighted by Crippen LogP contribution is -2.71. The normalized spacial score (nSPS) is 16.7. The summed E-state index contributed by atoms with van der Waals surface area (Å²) in [6.45, 7) is 8.02. The zero-order valence-corrected chi connectivity index (χ0v) is 38.3. The van der Waals surface area contributed by atoms with Gasteiger partial charge in [-0.25, -0.2) is 4.79 Å². The molecule has 352 valence electrons. The molecule has 2 unspecified atom stereocenters. The largest absolute Gasteiger partial charge is 0.492 e. The van der Waals surface area contributed by atoms with E-state index >= 15 is 0 Å². The van der Waals surface area contributed by atoms with E-state index in [1.807, 2.05) is 61.5 Å².